The molecule has 0 aromatic heterocycles. The van der Waals surface area contributed by atoms with Crippen LogP contribution in [0.2, 0.25) is 0 Å². The van der Waals surface area contributed by atoms with Crippen LogP contribution in [0, 0.1) is 6.92 Å². The van der Waals surface area contributed by atoms with E-state index in [1.807, 2.05) is 13.0 Å². The summed E-state index contributed by atoms with van der Waals surface area (Å²) in [5.74, 6) is 1.51. The van der Waals surface area contributed by atoms with E-state index >= 15 is 0 Å². The quantitative estimate of drug-likeness (QED) is 0.830. The van der Waals surface area contributed by atoms with Crippen LogP contribution >= 0.6 is 0 Å². The van der Waals surface area contributed by atoms with Gasteiger partial charge in [0.2, 0.25) is 10.0 Å². The van der Waals surface area contributed by atoms with Gasteiger partial charge in [-0.15, -0.1) is 0 Å². The lowest BCUT2D eigenvalue weighted by atomic mass is 10.0. The molecule has 0 fully saturated rings. The number of benzene rings is 1. The minimum absolute atomic E-state index is 0.0255. The summed E-state index contributed by atoms with van der Waals surface area (Å²) in [5.41, 5.74) is 2.54. The molecule has 0 atom stereocenters. The van der Waals surface area contributed by atoms with Crippen molar-refractivity contribution >= 4 is 21.5 Å². The van der Waals surface area contributed by atoms with Crippen molar-refractivity contribution in [2.45, 2.75) is 20.3 Å². The third-order valence-corrected chi connectivity index (χ3v) is 4.70. The molecular formula is C14H21N3O3S. The van der Waals surface area contributed by atoms with Gasteiger partial charge in [0.25, 0.3) is 0 Å². The molecule has 7 heteroatoms. The maximum atomic E-state index is 11.7. The van der Waals surface area contributed by atoms with Crippen molar-refractivity contribution in [3.05, 3.63) is 23.3 Å². The van der Waals surface area contributed by atoms with Crippen molar-refractivity contribution in [1.29, 1.82) is 0 Å². The molecule has 1 aliphatic heterocycles. The van der Waals surface area contributed by atoms with E-state index in [1.165, 1.54) is 7.11 Å². The molecule has 1 heterocycles. The number of anilines is 1. The van der Waals surface area contributed by atoms with Gasteiger partial charge >= 0.3 is 0 Å². The Labute approximate surface area is 125 Å². The van der Waals surface area contributed by atoms with Crippen LogP contribution < -0.4 is 14.8 Å². The highest BCUT2D eigenvalue weighted by molar-refractivity contribution is 7.92. The number of hydrogen-bond donors (Lipinski definition) is 2. The number of aliphatic imine (C=N–C) groups is 1. The Morgan fingerprint density at radius 3 is 2.76 bits per heavy atom. The summed E-state index contributed by atoms with van der Waals surface area (Å²) >= 11 is 0. The first-order chi connectivity index (χ1) is 9.95. The first-order valence-electron chi connectivity index (χ1n) is 6.90. The summed E-state index contributed by atoms with van der Waals surface area (Å²) in [5, 5.41) is 3.23. The minimum Gasteiger partial charge on any atom is -0.495 e. The van der Waals surface area contributed by atoms with E-state index in [4.69, 9.17) is 4.74 Å². The Balaban J connectivity index is 2.30. The van der Waals surface area contributed by atoms with Crippen LogP contribution in [0.4, 0.5) is 5.69 Å². The van der Waals surface area contributed by atoms with Crippen molar-refractivity contribution in [2.24, 2.45) is 4.99 Å². The maximum absolute atomic E-state index is 11.7. The predicted molar refractivity (Wildman–Crippen MR) is 84.8 cm³/mol. The Morgan fingerprint density at radius 2 is 2.19 bits per heavy atom. The molecule has 116 valence electrons. The summed E-state index contributed by atoms with van der Waals surface area (Å²) in [6.45, 7) is 5.23. The molecule has 1 aromatic rings. The van der Waals surface area contributed by atoms with E-state index in [0.29, 0.717) is 17.9 Å². The highest BCUT2D eigenvalue weighted by atomic mass is 32.2. The normalized spacial score (nSPS) is 14.5. The summed E-state index contributed by atoms with van der Waals surface area (Å²) in [4.78, 5) is 4.38. The number of rotatable bonds is 6. The van der Waals surface area contributed by atoms with Gasteiger partial charge in [0.05, 0.1) is 25.1 Å². The van der Waals surface area contributed by atoms with Crippen molar-refractivity contribution in [1.82, 2.24) is 5.32 Å². The first-order valence-corrected chi connectivity index (χ1v) is 8.55. The Kier molecular flexibility index (Phi) is 4.72. The van der Waals surface area contributed by atoms with Crippen molar-refractivity contribution < 1.29 is 13.2 Å². The zero-order chi connectivity index (χ0) is 15.5. The number of hydrogen-bond acceptors (Lipinski definition) is 5. The Morgan fingerprint density at radius 1 is 1.43 bits per heavy atom. The smallest absolute Gasteiger partial charge is 0.232 e. The van der Waals surface area contributed by atoms with Crippen LogP contribution in [-0.4, -0.2) is 40.2 Å². The fraction of sp³-hybridized carbons (Fsp3) is 0.500. The molecule has 0 radical (unpaired) electrons. The lowest BCUT2D eigenvalue weighted by Crippen LogP contribution is -2.21. The molecule has 6 nitrogen and oxygen atoms in total. The number of sulfonamides is 1. The number of aryl methyl sites for hydroxylation is 1. The second-order valence-corrected chi connectivity index (χ2v) is 6.93. The monoisotopic (exact) mass is 311 g/mol. The third-order valence-electron chi connectivity index (χ3n) is 3.40. The van der Waals surface area contributed by atoms with Gasteiger partial charge in [-0.05, 0) is 37.1 Å². The van der Waals surface area contributed by atoms with E-state index < -0.39 is 10.0 Å². The number of ether oxygens (including phenoxy) is 1. The van der Waals surface area contributed by atoms with Crippen molar-refractivity contribution in [2.75, 3.05) is 30.7 Å². The molecule has 1 aliphatic rings. The molecule has 0 saturated heterocycles. The number of nitrogens with zero attached hydrogens (tertiary/aromatic N) is 1. The Bertz CT molecular complexity index is 654. The molecule has 0 aliphatic carbocycles. The summed E-state index contributed by atoms with van der Waals surface area (Å²) in [7, 11) is -1.79. The van der Waals surface area contributed by atoms with Gasteiger partial charge in [0, 0.05) is 13.0 Å². The third kappa shape index (κ3) is 3.87. The van der Waals surface area contributed by atoms with Gasteiger partial charge in [0.1, 0.15) is 11.6 Å². The van der Waals surface area contributed by atoms with E-state index in [0.717, 1.165) is 30.1 Å². The molecule has 2 rings (SSSR count). The van der Waals surface area contributed by atoms with Crippen LogP contribution in [-0.2, 0) is 16.4 Å². The summed E-state index contributed by atoms with van der Waals surface area (Å²) in [6, 6.07) is 3.67. The average molecular weight is 311 g/mol. The topological polar surface area (TPSA) is 79.8 Å². The fourth-order valence-corrected chi connectivity index (χ4v) is 2.79. The van der Waals surface area contributed by atoms with Crippen LogP contribution in [0.25, 0.3) is 0 Å². The summed E-state index contributed by atoms with van der Waals surface area (Å²) < 4.78 is 31.3. The second-order valence-electron chi connectivity index (χ2n) is 4.92. The van der Waals surface area contributed by atoms with Gasteiger partial charge in [-0.2, -0.15) is 0 Å². The minimum atomic E-state index is -3.32. The maximum Gasteiger partial charge on any atom is 0.232 e. The van der Waals surface area contributed by atoms with Gasteiger partial charge in [0.15, 0.2) is 0 Å². The Hall–Kier alpha value is -1.76. The van der Waals surface area contributed by atoms with Crippen molar-refractivity contribution in [3.63, 3.8) is 0 Å². The highest BCUT2D eigenvalue weighted by Crippen LogP contribution is 2.29. The summed E-state index contributed by atoms with van der Waals surface area (Å²) in [6.07, 6.45) is 0.697. The molecule has 1 aromatic carbocycles. The molecule has 0 unspecified atom stereocenters. The number of methoxy groups -OCH3 is 1. The number of nitrogens with one attached hydrogen (secondary N) is 2. The van der Waals surface area contributed by atoms with Gasteiger partial charge in [-0.3, -0.25) is 9.71 Å². The zero-order valence-electron chi connectivity index (χ0n) is 12.6. The molecule has 21 heavy (non-hydrogen) atoms. The van der Waals surface area contributed by atoms with Crippen LogP contribution in [0.3, 0.4) is 0 Å². The first kappa shape index (κ1) is 15.6. The molecule has 0 amide bonds. The van der Waals surface area contributed by atoms with E-state index in [1.54, 1.807) is 13.0 Å². The van der Waals surface area contributed by atoms with Gasteiger partial charge < -0.3 is 10.1 Å². The van der Waals surface area contributed by atoms with E-state index in [-0.39, 0.29) is 5.75 Å². The van der Waals surface area contributed by atoms with Gasteiger partial charge in [-0.1, -0.05) is 0 Å². The number of amidine groups is 1. The van der Waals surface area contributed by atoms with Crippen LogP contribution in [0.1, 0.15) is 18.1 Å². The van der Waals surface area contributed by atoms with Crippen LogP contribution in [0.15, 0.2) is 17.1 Å². The van der Waals surface area contributed by atoms with Gasteiger partial charge in [-0.25, -0.2) is 8.42 Å². The average Bonchev–Trinajstić information content (AvgIpc) is 2.94. The lowest BCUT2D eigenvalue weighted by molar-refractivity contribution is 0.416. The molecule has 2 N–H and O–H groups in total. The van der Waals surface area contributed by atoms with E-state index in [9.17, 15) is 8.42 Å². The second kappa shape index (κ2) is 6.34. The fourth-order valence-electron chi connectivity index (χ4n) is 2.15. The largest absolute Gasteiger partial charge is 0.495 e. The molecule has 0 saturated carbocycles. The van der Waals surface area contributed by atoms with E-state index in [2.05, 4.69) is 15.0 Å². The molecule has 0 bridgehead atoms. The van der Waals surface area contributed by atoms with Crippen LogP contribution in [0.5, 0.6) is 5.75 Å². The van der Waals surface area contributed by atoms with Crippen molar-refractivity contribution in [3.8, 4) is 5.75 Å². The highest BCUT2D eigenvalue weighted by Gasteiger charge is 2.15. The SMILES string of the molecule is CCS(=O)(=O)Nc1cc(C)c(CC2=NCCN2)cc1OC. The standard InChI is InChI=1S/C14H21N3O3S/c1-4-21(18,19)17-12-7-10(2)11(8-13(12)20-3)9-14-15-5-6-16-14/h7-8,17H,4-6,9H2,1-3H3,(H,15,16). The predicted octanol–water partition coefficient (Wildman–Crippen LogP) is 1.31. The zero-order valence-corrected chi connectivity index (χ0v) is 13.4. The lowest BCUT2D eigenvalue weighted by Gasteiger charge is -2.15. The molecule has 0 spiro atoms. The molecular weight excluding hydrogens is 290 g/mol.